The van der Waals surface area contributed by atoms with Crippen molar-refractivity contribution in [2.24, 2.45) is 0 Å². The van der Waals surface area contributed by atoms with E-state index in [2.05, 4.69) is 21.3 Å². The third-order valence-corrected chi connectivity index (χ3v) is 4.43. The monoisotopic (exact) mass is 546 g/mol. The van der Waals surface area contributed by atoms with Gasteiger partial charge in [-0.3, -0.25) is 4.79 Å². The third-order valence-electron chi connectivity index (χ3n) is 4.43. The van der Waals surface area contributed by atoms with Crippen molar-refractivity contribution in [3.8, 4) is 29.1 Å². The van der Waals surface area contributed by atoms with Crippen molar-refractivity contribution in [2.75, 3.05) is 26.4 Å². The number of aliphatic carboxylic acids is 1. The van der Waals surface area contributed by atoms with Gasteiger partial charge in [0.2, 0.25) is 0 Å². The fraction of sp³-hybridized carbons (Fsp3) is 0.346. The summed E-state index contributed by atoms with van der Waals surface area (Å²) in [5.41, 5.74) is 0.760. The number of hydrogen-bond donors (Lipinski definition) is 1. The molecule has 0 spiro atoms. The van der Waals surface area contributed by atoms with Gasteiger partial charge in [0.25, 0.3) is 0 Å². The molecule has 1 atom stereocenters. The van der Waals surface area contributed by atoms with E-state index in [1.807, 2.05) is 0 Å². The van der Waals surface area contributed by atoms with Gasteiger partial charge in [-0.2, -0.15) is 26.3 Å². The Labute approximate surface area is 214 Å². The van der Waals surface area contributed by atoms with Crippen molar-refractivity contribution in [1.29, 1.82) is 0 Å². The average molecular weight is 546 g/mol. The molecule has 6 nitrogen and oxygen atoms in total. The minimum absolute atomic E-state index is 0.0771. The highest BCUT2D eigenvalue weighted by Crippen LogP contribution is 2.27. The van der Waals surface area contributed by atoms with E-state index >= 15 is 0 Å². The second-order valence-corrected chi connectivity index (χ2v) is 7.59. The minimum Gasteiger partial charge on any atom is -0.490 e. The molecule has 0 unspecified atom stereocenters. The predicted octanol–water partition coefficient (Wildman–Crippen LogP) is 6.11. The molecule has 0 bridgehead atoms. The Bertz CT molecular complexity index is 1090. The van der Waals surface area contributed by atoms with Gasteiger partial charge in [0.1, 0.15) is 23.9 Å². The maximum Gasteiger partial charge on any atom is 0.422 e. The highest BCUT2D eigenvalue weighted by atomic mass is 19.4. The number of rotatable bonds is 12. The number of benzene rings is 2. The summed E-state index contributed by atoms with van der Waals surface area (Å²) in [5.74, 6) is 4.01. The van der Waals surface area contributed by atoms with Crippen LogP contribution in [0.25, 0.3) is 0 Å². The van der Waals surface area contributed by atoms with Gasteiger partial charge < -0.3 is 24.1 Å². The lowest BCUT2D eigenvalue weighted by molar-refractivity contribution is -0.154. The number of carboxylic acids is 1. The summed E-state index contributed by atoms with van der Waals surface area (Å²) >= 11 is 0. The molecular formula is C26H24F6O6. The van der Waals surface area contributed by atoms with Crippen LogP contribution in [0.2, 0.25) is 0 Å². The summed E-state index contributed by atoms with van der Waals surface area (Å²) < 4.78 is 94.8. The van der Waals surface area contributed by atoms with Crippen LogP contribution >= 0.6 is 0 Å². The summed E-state index contributed by atoms with van der Waals surface area (Å²) in [5, 5.41) is 9.00. The third kappa shape index (κ3) is 12.4. The molecule has 1 N–H and O–H groups in total. The Hall–Kier alpha value is -3.85. The smallest absolute Gasteiger partial charge is 0.422 e. The summed E-state index contributed by atoms with van der Waals surface area (Å²) in [7, 11) is 0. The largest absolute Gasteiger partial charge is 0.490 e. The van der Waals surface area contributed by atoms with Gasteiger partial charge in [0.15, 0.2) is 13.2 Å². The van der Waals surface area contributed by atoms with E-state index in [0.717, 1.165) is 18.2 Å². The molecular weight excluding hydrogens is 522 g/mol. The Kier molecular flexibility index (Phi) is 11.3. The van der Waals surface area contributed by atoms with Gasteiger partial charge in [0.05, 0.1) is 12.5 Å². The van der Waals surface area contributed by atoms with E-state index in [-0.39, 0.29) is 30.1 Å². The van der Waals surface area contributed by atoms with Crippen molar-refractivity contribution in [3.63, 3.8) is 0 Å². The van der Waals surface area contributed by atoms with Crippen LogP contribution in [0, 0.1) is 11.8 Å². The number of ether oxygens (including phenoxy) is 4. The second-order valence-electron chi connectivity index (χ2n) is 7.59. The lowest BCUT2D eigenvalue weighted by atomic mass is 10.1. The van der Waals surface area contributed by atoms with Gasteiger partial charge in [-0.1, -0.05) is 24.0 Å². The highest BCUT2D eigenvalue weighted by Gasteiger charge is 2.30. The summed E-state index contributed by atoms with van der Waals surface area (Å²) in [4.78, 5) is 11.0. The van der Waals surface area contributed by atoms with E-state index in [4.69, 9.17) is 14.6 Å². The topological polar surface area (TPSA) is 74.2 Å². The molecule has 0 aliphatic carbocycles. The molecule has 206 valence electrons. The van der Waals surface area contributed by atoms with Crippen molar-refractivity contribution >= 4 is 5.97 Å². The maximum absolute atomic E-state index is 12.4. The van der Waals surface area contributed by atoms with Crippen LogP contribution < -0.4 is 14.2 Å². The van der Waals surface area contributed by atoms with Crippen LogP contribution in [0.3, 0.4) is 0 Å². The zero-order chi connectivity index (χ0) is 28.2. The molecule has 0 fully saturated rings. The van der Waals surface area contributed by atoms with Gasteiger partial charge >= 0.3 is 18.3 Å². The fourth-order valence-corrected chi connectivity index (χ4v) is 2.93. The molecule has 38 heavy (non-hydrogen) atoms. The average Bonchev–Trinajstić information content (AvgIpc) is 2.83. The first-order valence-corrected chi connectivity index (χ1v) is 11.1. The van der Waals surface area contributed by atoms with Gasteiger partial charge in [-0.25, -0.2) is 0 Å². The molecule has 0 saturated carbocycles. The molecule has 0 aliphatic heterocycles. The molecule has 2 rings (SSSR count). The van der Waals surface area contributed by atoms with Crippen LogP contribution in [0.15, 0.2) is 54.6 Å². The van der Waals surface area contributed by atoms with Crippen LogP contribution in [0.1, 0.15) is 30.6 Å². The first kappa shape index (κ1) is 30.4. The number of alkyl halides is 6. The Balaban J connectivity index is 2.00. The van der Waals surface area contributed by atoms with Gasteiger partial charge in [-0.15, -0.1) is 0 Å². The van der Waals surface area contributed by atoms with E-state index < -0.39 is 37.6 Å². The molecule has 0 aliphatic rings. The maximum atomic E-state index is 12.4. The van der Waals surface area contributed by atoms with Gasteiger partial charge in [-0.05, 0) is 48.9 Å². The van der Waals surface area contributed by atoms with E-state index in [9.17, 15) is 31.1 Å². The number of halogens is 6. The Morgan fingerprint density at radius 2 is 1.50 bits per heavy atom. The van der Waals surface area contributed by atoms with E-state index in [0.29, 0.717) is 17.9 Å². The number of carbonyl (C=O) groups is 1. The first-order chi connectivity index (χ1) is 17.8. The first-order valence-electron chi connectivity index (χ1n) is 11.1. The van der Waals surface area contributed by atoms with E-state index in [1.165, 1.54) is 6.08 Å². The van der Waals surface area contributed by atoms with Crippen molar-refractivity contribution in [2.45, 2.75) is 31.8 Å². The minimum atomic E-state index is -4.64. The fourth-order valence-electron chi connectivity index (χ4n) is 2.93. The Morgan fingerprint density at radius 1 is 0.921 bits per heavy atom. The summed E-state index contributed by atoms with van der Waals surface area (Å²) in [6.07, 6.45) is -7.10. The lowest BCUT2D eigenvalue weighted by Crippen LogP contribution is -2.20. The highest BCUT2D eigenvalue weighted by molar-refractivity contribution is 5.67. The Morgan fingerprint density at radius 3 is 2.00 bits per heavy atom. The SMILES string of the molecule is CCO[C@@H](CC(=O)O)c1ccc(OC/C=C/C#Cc2cc(OCC(F)(F)F)cc(OCC(F)(F)F)c2)cc1. The van der Waals surface area contributed by atoms with Crippen molar-refractivity contribution < 1.29 is 55.2 Å². The van der Waals surface area contributed by atoms with Gasteiger partial charge in [0, 0.05) is 18.2 Å². The zero-order valence-electron chi connectivity index (χ0n) is 20.1. The second kappa shape index (κ2) is 14.2. The number of hydrogen-bond acceptors (Lipinski definition) is 5. The van der Waals surface area contributed by atoms with Crippen LogP contribution in [0.5, 0.6) is 17.2 Å². The zero-order valence-corrected chi connectivity index (χ0v) is 20.1. The molecule has 0 heterocycles. The normalized spacial score (nSPS) is 12.5. The van der Waals surface area contributed by atoms with Crippen LogP contribution in [0.4, 0.5) is 26.3 Å². The van der Waals surface area contributed by atoms with Crippen LogP contribution in [-0.2, 0) is 9.53 Å². The summed E-state index contributed by atoms with van der Waals surface area (Å²) in [6, 6.07) is 9.88. The number of allylic oxidation sites excluding steroid dienone is 1. The lowest BCUT2D eigenvalue weighted by Gasteiger charge is -2.15. The standard InChI is InChI=1S/C26H24F6O6/c1-2-35-23(15-24(33)34)19-7-9-20(10-8-19)36-11-5-3-4-6-18-12-21(37-16-25(27,28)29)14-22(13-18)38-17-26(30,31)32/h3,5,7-10,12-14,23H,2,11,15-17H2,1H3,(H,33,34)/b5-3+/t23-/m0/s1. The summed E-state index contributed by atoms with van der Waals surface area (Å²) in [6.45, 7) is -1.04. The molecule has 2 aromatic rings. The molecule has 2 aromatic carbocycles. The quantitative estimate of drug-likeness (QED) is 0.256. The van der Waals surface area contributed by atoms with E-state index in [1.54, 1.807) is 37.3 Å². The molecule has 0 amide bonds. The molecule has 0 radical (unpaired) electrons. The van der Waals surface area contributed by atoms with Crippen molar-refractivity contribution in [3.05, 3.63) is 65.7 Å². The molecule has 12 heteroatoms. The number of carboxylic acid groups (broad SMARTS) is 1. The molecule has 0 saturated heterocycles. The van der Waals surface area contributed by atoms with Crippen molar-refractivity contribution in [1.82, 2.24) is 0 Å². The van der Waals surface area contributed by atoms with Crippen LogP contribution in [-0.4, -0.2) is 49.9 Å². The molecule has 0 aromatic heterocycles. The predicted molar refractivity (Wildman–Crippen MR) is 124 cm³/mol.